The van der Waals surface area contributed by atoms with Crippen molar-refractivity contribution in [1.29, 1.82) is 0 Å². The molecule has 0 bridgehead atoms. The molecule has 4 nitrogen and oxygen atoms in total. The summed E-state index contributed by atoms with van der Waals surface area (Å²) in [5, 5.41) is 1.03. The number of ether oxygens (including phenoxy) is 2. The van der Waals surface area contributed by atoms with Crippen LogP contribution in [0.3, 0.4) is 0 Å². The predicted molar refractivity (Wildman–Crippen MR) is 101 cm³/mol. The molecule has 1 aromatic heterocycles. The Morgan fingerprint density at radius 3 is 2.39 bits per heavy atom. The minimum atomic E-state index is -0.172. The summed E-state index contributed by atoms with van der Waals surface area (Å²) in [6, 6.07) is 5.95. The summed E-state index contributed by atoms with van der Waals surface area (Å²) in [7, 11) is 3.45. The minimum Gasteiger partial charge on any atom is -0.375 e. The van der Waals surface area contributed by atoms with Crippen LogP contribution < -0.4 is 5.73 Å². The Morgan fingerprint density at radius 2 is 1.74 bits per heavy atom. The molecule has 0 fully saturated rings. The van der Waals surface area contributed by atoms with Crippen molar-refractivity contribution in [2.45, 2.75) is 56.8 Å². The van der Waals surface area contributed by atoms with Crippen molar-refractivity contribution in [1.82, 2.24) is 4.98 Å². The third-order valence-corrected chi connectivity index (χ3v) is 5.61. The number of aromatic nitrogens is 1. The van der Waals surface area contributed by atoms with Crippen molar-refractivity contribution >= 4 is 21.6 Å². The van der Waals surface area contributed by atoms with Crippen LogP contribution in [0.4, 0.5) is 0 Å². The van der Waals surface area contributed by atoms with Gasteiger partial charge in [-0.15, -0.1) is 0 Å². The minimum absolute atomic E-state index is 0.153. The van der Waals surface area contributed by atoms with E-state index >= 15 is 0 Å². The Kier molecular flexibility index (Phi) is 9.54. The summed E-state index contributed by atoms with van der Waals surface area (Å²) in [6.45, 7) is 10.5. The lowest BCUT2D eigenvalue weighted by Gasteiger charge is -2.29. The van der Waals surface area contributed by atoms with E-state index in [2.05, 4.69) is 32.7 Å². The van der Waals surface area contributed by atoms with Crippen molar-refractivity contribution in [3.63, 3.8) is 0 Å². The SMILES string of the molecule is CC(C)(CCN)OCCC(C)(C)OCCSSc1ccccn1. The van der Waals surface area contributed by atoms with Gasteiger partial charge >= 0.3 is 0 Å². The van der Waals surface area contributed by atoms with E-state index in [9.17, 15) is 0 Å². The summed E-state index contributed by atoms with van der Waals surface area (Å²) in [4.78, 5) is 4.28. The van der Waals surface area contributed by atoms with Crippen molar-refractivity contribution in [2.75, 3.05) is 25.5 Å². The average Bonchev–Trinajstić information content (AvgIpc) is 2.47. The third-order valence-electron chi connectivity index (χ3n) is 3.38. The number of hydrogen-bond donors (Lipinski definition) is 1. The Labute approximate surface area is 148 Å². The molecule has 0 aliphatic heterocycles. The van der Waals surface area contributed by atoms with E-state index in [1.165, 1.54) is 0 Å². The van der Waals surface area contributed by atoms with Crippen LogP contribution in [0.25, 0.3) is 0 Å². The number of nitrogens with zero attached hydrogens (tertiary/aromatic N) is 1. The summed E-state index contributed by atoms with van der Waals surface area (Å²) < 4.78 is 11.9. The maximum Gasteiger partial charge on any atom is 0.106 e. The molecule has 0 saturated heterocycles. The smallest absolute Gasteiger partial charge is 0.106 e. The van der Waals surface area contributed by atoms with Crippen LogP contribution in [-0.4, -0.2) is 41.7 Å². The summed E-state index contributed by atoms with van der Waals surface area (Å²) >= 11 is 0. The molecule has 0 saturated carbocycles. The first kappa shape index (κ1) is 20.8. The zero-order chi connectivity index (χ0) is 17.2. The second kappa shape index (κ2) is 10.6. The number of nitrogens with two attached hydrogens (primary N) is 1. The number of pyridine rings is 1. The zero-order valence-corrected chi connectivity index (χ0v) is 16.3. The standard InChI is InChI=1S/C17H30N2O2S2/c1-16(2,8-10-18)20-12-9-17(3,4)21-13-14-22-23-15-7-5-6-11-19-15/h5-7,11H,8-10,12-14,18H2,1-4H3. The maximum atomic E-state index is 5.98. The fraction of sp³-hybridized carbons (Fsp3) is 0.706. The molecule has 6 heteroatoms. The molecule has 1 aromatic rings. The van der Waals surface area contributed by atoms with Gasteiger partial charge in [0.05, 0.1) is 24.4 Å². The normalized spacial score (nSPS) is 12.6. The average molecular weight is 359 g/mol. The molecule has 0 aliphatic rings. The van der Waals surface area contributed by atoms with Crippen LogP contribution in [0, 0.1) is 0 Å². The lowest BCUT2D eigenvalue weighted by Crippen LogP contribution is -2.32. The molecule has 0 aliphatic carbocycles. The molecular weight excluding hydrogens is 328 g/mol. The van der Waals surface area contributed by atoms with Gasteiger partial charge in [-0.25, -0.2) is 4.98 Å². The van der Waals surface area contributed by atoms with Crippen LogP contribution in [0.15, 0.2) is 29.4 Å². The van der Waals surface area contributed by atoms with Gasteiger partial charge in [0, 0.05) is 11.9 Å². The van der Waals surface area contributed by atoms with E-state index in [4.69, 9.17) is 15.2 Å². The van der Waals surface area contributed by atoms with Crippen molar-refractivity contribution in [2.24, 2.45) is 5.73 Å². The highest BCUT2D eigenvalue weighted by molar-refractivity contribution is 8.76. The second-order valence-corrected chi connectivity index (χ2v) is 9.01. The fourth-order valence-corrected chi connectivity index (χ4v) is 3.62. The van der Waals surface area contributed by atoms with E-state index in [-0.39, 0.29) is 11.2 Å². The van der Waals surface area contributed by atoms with E-state index < -0.39 is 0 Å². The summed E-state index contributed by atoms with van der Waals surface area (Å²) in [5.74, 6) is 0.935. The Bertz CT molecular complexity index is 428. The van der Waals surface area contributed by atoms with Crippen molar-refractivity contribution < 1.29 is 9.47 Å². The van der Waals surface area contributed by atoms with Crippen molar-refractivity contribution in [3.05, 3.63) is 24.4 Å². The topological polar surface area (TPSA) is 57.4 Å². The molecule has 0 amide bonds. The van der Waals surface area contributed by atoms with Crippen LogP contribution in [0.5, 0.6) is 0 Å². The fourth-order valence-electron chi connectivity index (χ4n) is 1.92. The van der Waals surface area contributed by atoms with E-state index in [1.54, 1.807) is 21.6 Å². The molecule has 2 N–H and O–H groups in total. The molecule has 0 radical (unpaired) electrons. The Morgan fingerprint density at radius 1 is 1.04 bits per heavy atom. The molecule has 0 unspecified atom stereocenters. The largest absolute Gasteiger partial charge is 0.375 e. The van der Waals surface area contributed by atoms with Gasteiger partial charge in [-0.05, 0) is 70.0 Å². The molecule has 132 valence electrons. The van der Waals surface area contributed by atoms with Crippen molar-refractivity contribution in [3.8, 4) is 0 Å². The summed E-state index contributed by atoms with van der Waals surface area (Å²) in [6.07, 6.45) is 3.56. The second-order valence-electron chi connectivity index (χ2n) is 6.58. The molecule has 0 spiro atoms. The highest BCUT2D eigenvalue weighted by atomic mass is 33.1. The van der Waals surface area contributed by atoms with Crippen LogP contribution in [-0.2, 0) is 9.47 Å². The van der Waals surface area contributed by atoms with Crippen LogP contribution in [0.2, 0.25) is 0 Å². The number of rotatable bonds is 12. The van der Waals surface area contributed by atoms with Gasteiger partial charge in [-0.1, -0.05) is 16.9 Å². The van der Waals surface area contributed by atoms with Crippen LogP contribution >= 0.6 is 21.6 Å². The Balaban J connectivity index is 2.12. The maximum absolute atomic E-state index is 5.98. The van der Waals surface area contributed by atoms with Gasteiger partial charge in [-0.2, -0.15) is 0 Å². The molecule has 0 atom stereocenters. The first-order valence-electron chi connectivity index (χ1n) is 8.03. The molecular formula is C17H30N2O2S2. The van der Waals surface area contributed by atoms with E-state index in [0.717, 1.165) is 30.2 Å². The molecule has 1 heterocycles. The third kappa shape index (κ3) is 10.2. The van der Waals surface area contributed by atoms with E-state index in [1.807, 2.05) is 24.4 Å². The first-order valence-corrected chi connectivity index (χ1v) is 10.3. The van der Waals surface area contributed by atoms with Gasteiger partial charge in [-0.3, -0.25) is 0 Å². The Hall–Kier alpha value is -0.270. The van der Waals surface area contributed by atoms with E-state index in [0.29, 0.717) is 13.2 Å². The molecule has 1 rings (SSSR count). The molecule has 0 aromatic carbocycles. The van der Waals surface area contributed by atoms with Gasteiger partial charge in [0.25, 0.3) is 0 Å². The highest BCUT2D eigenvalue weighted by Gasteiger charge is 2.22. The van der Waals surface area contributed by atoms with Crippen LogP contribution in [0.1, 0.15) is 40.5 Å². The van der Waals surface area contributed by atoms with Gasteiger partial charge < -0.3 is 15.2 Å². The summed E-state index contributed by atoms with van der Waals surface area (Å²) in [5.41, 5.74) is 5.27. The predicted octanol–water partition coefficient (Wildman–Crippen LogP) is 4.15. The van der Waals surface area contributed by atoms with Gasteiger partial charge in [0.15, 0.2) is 0 Å². The zero-order valence-electron chi connectivity index (χ0n) is 14.7. The lowest BCUT2D eigenvalue weighted by atomic mass is 10.0. The highest BCUT2D eigenvalue weighted by Crippen LogP contribution is 2.29. The molecule has 23 heavy (non-hydrogen) atoms. The van der Waals surface area contributed by atoms with Gasteiger partial charge in [0.2, 0.25) is 0 Å². The lowest BCUT2D eigenvalue weighted by molar-refractivity contribution is -0.0699. The first-order chi connectivity index (χ1) is 10.8. The number of hydrogen-bond acceptors (Lipinski definition) is 6. The quantitative estimate of drug-likeness (QED) is 0.447. The monoisotopic (exact) mass is 358 g/mol. The van der Waals surface area contributed by atoms with Gasteiger partial charge in [0.1, 0.15) is 5.03 Å².